The lowest BCUT2D eigenvalue weighted by molar-refractivity contribution is 1.20. The molecule has 0 spiro atoms. The van der Waals surface area contributed by atoms with Crippen LogP contribution in [0.25, 0.3) is 0 Å². The second kappa shape index (κ2) is 4.41. The lowest BCUT2D eigenvalue weighted by Gasteiger charge is -2.02. The van der Waals surface area contributed by atoms with E-state index in [9.17, 15) is 0 Å². The molecule has 62 valence electrons. The van der Waals surface area contributed by atoms with E-state index < -0.39 is 8.07 Å². The van der Waals surface area contributed by atoms with E-state index >= 15 is 0 Å². The molecule has 0 radical (unpaired) electrons. The van der Waals surface area contributed by atoms with Crippen molar-refractivity contribution in [2.24, 2.45) is 0 Å². The van der Waals surface area contributed by atoms with Gasteiger partial charge >= 0.3 is 0 Å². The Labute approximate surface area is 71.7 Å². The zero-order chi connectivity index (χ0) is 8.91. The van der Waals surface area contributed by atoms with Crippen molar-refractivity contribution in [1.82, 2.24) is 0 Å². The molecule has 0 nitrogen and oxygen atoms in total. The maximum Gasteiger partial charge on any atom is 0.129 e. The third-order valence-corrected chi connectivity index (χ3v) is 2.02. The molecule has 0 heterocycles. The molecule has 0 saturated heterocycles. The van der Waals surface area contributed by atoms with Gasteiger partial charge in [0, 0.05) is 0 Å². The molecule has 0 aliphatic carbocycles. The van der Waals surface area contributed by atoms with Gasteiger partial charge < -0.3 is 0 Å². The summed E-state index contributed by atoms with van der Waals surface area (Å²) in [5.74, 6) is 3.20. The third-order valence-electron chi connectivity index (χ3n) is 1.14. The Morgan fingerprint density at radius 1 is 1.36 bits per heavy atom. The van der Waals surface area contributed by atoms with E-state index in [1.165, 1.54) is 5.57 Å². The van der Waals surface area contributed by atoms with Crippen LogP contribution in [0.5, 0.6) is 0 Å². The third kappa shape index (κ3) is 7.41. The van der Waals surface area contributed by atoms with Crippen molar-refractivity contribution in [2.45, 2.75) is 39.9 Å². The van der Waals surface area contributed by atoms with Crippen LogP contribution in [0.3, 0.4) is 0 Å². The Kier molecular flexibility index (Phi) is 4.21. The minimum absolute atomic E-state index is 1.09. The molecule has 0 unspecified atom stereocenters. The molecule has 0 bridgehead atoms. The normalized spacial score (nSPS) is 12.3. The van der Waals surface area contributed by atoms with Crippen molar-refractivity contribution in [3.8, 4) is 11.5 Å². The maximum absolute atomic E-state index is 3.33. The van der Waals surface area contributed by atoms with Gasteiger partial charge in [-0.2, -0.15) is 0 Å². The first-order chi connectivity index (χ1) is 4.95. The summed E-state index contributed by atoms with van der Waals surface area (Å²) in [6, 6.07) is 0. The van der Waals surface area contributed by atoms with Gasteiger partial charge in [-0.25, -0.2) is 0 Å². The van der Waals surface area contributed by atoms with Crippen LogP contribution in [0.2, 0.25) is 19.6 Å². The maximum atomic E-state index is 3.33. The zero-order valence-electron chi connectivity index (χ0n) is 8.28. The molecule has 0 amide bonds. The van der Waals surface area contributed by atoms with E-state index in [2.05, 4.69) is 51.0 Å². The van der Waals surface area contributed by atoms with Crippen LogP contribution in [-0.4, -0.2) is 8.07 Å². The SMILES string of the molecule is CC/C=C(\C)C#C[Si](C)(C)C. The number of hydrogen-bond acceptors (Lipinski definition) is 0. The summed E-state index contributed by atoms with van der Waals surface area (Å²) in [6.07, 6.45) is 3.26. The largest absolute Gasteiger partial charge is 0.129 e. The van der Waals surface area contributed by atoms with Gasteiger partial charge in [0.15, 0.2) is 0 Å². The zero-order valence-corrected chi connectivity index (χ0v) is 9.28. The Bertz CT molecular complexity index is 195. The Morgan fingerprint density at radius 3 is 2.27 bits per heavy atom. The van der Waals surface area contributed by atoms with Gasteiger partial charge in [-0.05, 0) is 18.9 Å². The highest BCUT2D eigenvalue weighted by Crippen LogP contribution is 1.99. The van der Waals surface area contributed by atoms with Crippen LogP contribution in [-0.2, 0) is 0 Å². The van der Waals surface area contributed by atoms with Crippen LogP contribution >= 0.6 is 0 Å². The second-order valence-electron chi connectivity index (χ2n) is 3.80. The summed E-state index contributed by atoms with van der Waals surface area (Å²) in [5.41, 5.74) is 4.54. The molecule has 0 aromatic heterocycles. The molecule has 0 atom stereocenters. The van der Waals surface area contributed by atoms with Crippen LogP contribution < -0.4 is 0 Å². The Balaban J connectivity index is 4.19. The molecule has 0 aromatic rings. The average Bonchev–Trinajstić information content (AvgIpc) is 1.83. The fraction of sp³-hybridized carbons (Fsp3) is 0.600. The molecule has 11 heavy (non-hydrogen) atoms. The van der Waals surface area contributed by atoms with Crippen molar-refractivity contribution in [2.75, 3.05) is 0 Å². The van der Waals surface area contributed by atoms with Gasteiger partial charge in [-0.15, -0.1) is 5.54 Å². The van der Waals surface area contributed by atoms with E-state index in [1.54, 1.807) is 0 Å². The van der Waals surface area contributed by atoms with Crippen molar-refractivity contribution in [3.63, 3.8) is 0 Å². The molecule has 0 aliphatic heterocycles. The summed E-state index contributed by atoms with van der Waals surface area (Å²) in [5, 5.41) is 0. The predicted molar refractivity (Wildman–Crippen MR) is 55.2 cm³/mol. The van der Waals surface area contributed by atoms with Crippen LogP contribution in [0.15, 0.2) is 11.6 Å². The highest BCUT2D eigenvalue weighted by molar-refractivity contribution is 6.83. The first-order valence-corrected chi connectivity index (χ1v) is 7.65. The monoisotopic (exact) mass is 166 g/mol. The van der Waals surface area contributed by atoms with E-state index in [-0.39, 0.29) is 0 Å². The summed E-state index contributed by atoms with van der Waals surface area (Å²) < 4.78 is 0. The first kappa shape index (κ1) is 10.5. The summed E-state index contributed by atoms with van der Waals surface area (Å²) in [6.45, 7) is 11.0. The fourth-order valence-electron chi connectivity index (χ4n) is 0.643. The van der Waals surface area contributed by atoms with E-state index in [1.807, 2.05) is 0 Å². The van der Waals surface area contributed by atoms with E-state index in [0.717, 1.165) is 6.42 Å². The highest BCUT2D eigenvalue weighted by atomic mass is 28.3. The molecular formula is C10H18Si. The lowest BCUT2D eigenvalue weighted by Crippen LogP contribution is -2.16. The predicted octanol–water partition coefficient (Wildman–Crippen LogP) is 3.22. The molecule has 0 N–H and O–H groups in total. The minimum atomic E-state index is -1.15. The number of allylic oxidation sites excluding steroid dienone is 2. The van der Waals surface area contributed by atoms with Crippen molar-refractivity contribution in [3.05, 3.63) is 11.6 Å². The average molecular weight is 166 g/mol. The number of rotatable bonds is 1. The summed E-state index contributed by atoms with van der Waals surface area (Å²) >= 11 is 0. The summed E-state index contributed by atoms with van der Waals surface area (Å²) in [4.78, 5) is 0. The van der Waals surface area contributed by atoms with Crippen LogP contribution in [0.1, 0.15) is 20.3 Å². The van der Waals surface area contributed by atoms with Crippen molar-refractivity contribution >= 4 is 8.07 Å². The molecule has 0 fully saturated rings. The van der Waals surface area contributed by atoms with E-state index in [4.69, 9.17) is 0 Å². The van der Waals surface area contributed by atoms with Crippen molar-refractivity contribution in [1.29, 1.82) is 0 Å². The summed E-state index contributed by atoms with van der Waals surface area (Å²) in [7, 11) is -1.15. The van der Waals surface area contributed by atoms with Gasteiger partial charge in [0.25, 0.3) is 0 Å². The highest BCUT2D eigenvalue weighted by Gasteiger charge is 2.06. The fourth-order valence-corrected chi connectivity index (χ4v) is 1.22. The molecule has 0 saturated carbocycles. The van der Waals surface area contributed by atoms with Gasteiger partial charge in [-0.1, -0.05) is 38.6 Å². The Morgan fingerprint density at radius 2 is 1.91 bits per heavy atom. The molecule has 0 aliphatic rings. The number of hydrogen-bond donors (Lipinski definition) is 0. The van der Waals surface area contributed by atoms with Crippen LogP contribution in [0, 0.1) is 11.5 Å². The van der Waals surface area contributed by atoms with Crippen molar-refractivity contribution < 1.29 is 0 Å². The second-order valence-corrected chi connectivity index (χ2v) is 8.55. The van der Waals surface area contributed by atoms with Gasteiger partial charge in [-0.3, -0.25) is 0 Å². The molecule has 0 rings (SSSR count). The van der Waals surface area contributed by atoms with Gasteiger partial charge in [0.05, 0.1) is 0 Å². The minimum Gasteiger partial charge on any atom is -0.127 e. The van der Waals surface area contributed by atoms with Gasteiger partial charge in [0.1, 0.15) is 8.07 Å². The quantitative estimate of drug-likeness (QED) is 0.414. The molecule has 1 heteroatoms. The smallest absolute Gasteiger partial charge is 0.127 e. The lowest BCUT2D eigenvalue weighted by atomic mass is 10.3. The standard InChI is InChI=1S/C10H18Si/c1-6-7-10(2)8-9-11(3,4)5/h7H,6H2,1-5H3/b10-7+. The molecular weight excluding hydrogens is 148 g/mol. The topological polar surface area (TPSA) is 0 Å². The van der Waals surface area contributed by atoms with Crippen LogP contribution in [0.4, 0.5) is 0 Å². The van der Waals surface area contributed by atoms with E-state index in [0.29, 0.717) is 0 Å². The van der Waals surface area contributed by atoms with Gasteiger partial charge in [0.2, 0.25) is 0 Å². The Hall–Kier alpha value is -0.483. The first-order valence-electron chi connectivity index (χ1n) is 4.15. The molecule has 0 aromatic carbocycles.